The standard InChI is InChI=1S/C19H26N4O2S2.HI/c1-3-16-8-9-17(26-16)14-22-19(20-2)21-11-13-27(24,25)23-12-10-15-6-4-5-7-18(15)23;/h4-9H,3,10-14H2,1-2H3,(H2,20,21,22);1H. The summed E-state index contributed by atoms with van der Waals surface area (Å²) in [6.07, 6.45) is 1.81. The van der Waals surface area contributed by atoms with Gasteiger partial charge in [-0.1, -0.05) is 25.1 Å². The van der Waals surface area contributed by atoms with Gasteiger partial charge in [0, 0.05) is 29.9 Å². The van der Waals surface area contributed by atoms with Gasteiger partial charge in [0.15, 0.2) is 5.96 Å². The van der Waals surface area contributed by atoms with Crippen molar-refractivity contribution in [2.75, 3.05) is 30.2 Å². The summed E-state index contributed by atoms with van der Waals surface area (Å²) in [5.74, 6) is 0.638. The molecule has 154 valence electrons. The van der Waals surface area contributed by atoms with Crippen LogP contribution in [0.1, 0.15) is 22.2 Å². The van der Waals surface area contributed by atoms with Gasteiger partial charge < -0.3 is 10.6 Å². The first-order valence-electron chi connectivity index (χ1n) is 9.14. The van der Waals surface area contributed by atoms with E-state index in [1.807, 2.05) is 24.3 Å². The van der Waals surface area contributed by atoms with Crippen LogP contribution in [0.3, 0.4) is 0 Å². The van der Waals surface area contributed by atoms with E-state index in [-0.39, 0.29) is 29.7 Å². The minimum Gasteiger partial charge on any atom is -0.355 e. The van der Waals surface area contributed by atoms with Gasteiger partial charge in [-0.15, -0.1) is 35.3 Å². The molecule has 0 saturated heterocycles. The third-order valence-corrected chi connectivity index (χ3v) is 7.55. The summed E-state index contributed by atoms with van der Waals surface area (Å²) < 4.78 is 26.9. The van der Waals surface area contributed by atoms with Crippen molar-refractivity contribution in [1.82, 2.24) is 10.6 Å². The maximum absolute atomic E-state index is 12.7. The SMILES string of the molecule is CCc1ccc(CNC(=NC)NCCS(=O)(=O)N2CCc3ccccc32)s1.I. The van der Waals surface area contributed by atoms with E-state index in [1.165, 1.54) is 14.1 Å². The zero-order valence-corrected chi connectivity index (χ0v) is 20.1. The van der Waals surface area contributed by atoms with Gasteiger partial charge in [0.25, 0.3) is 0 Å². The number of aryl methyl sites for hydroxylation is 1. The summed E-state index contributed by atoms with van der Waals surface area (Å²) >= 11 is 1.78. The van der Waals surface area contributed by atoms with Gasteiger partial charge in [-0.3, -0.25) is 9.30 Å². The van der Waals surface area contributed by atoms with Crippen LogP contribution in [0.5, 0.6) is 0 Å². The van der Waals surface area contributed by atoms with Crippen molar-refractivity contribution in [3.05, 3.63) is 51.7 Å². The monoisotopic (exact) mass is 534 g/mol. The molecule has 0 aliphatic carbocycles. The lowest BCUT2D eigenvalue weighted by Crippen LogP contribution is -2.41. The van der Waals surface area contributed by atoms with E-state index < -0.39 is 10.0 Å². The second-order valence-corrected chi connectivity index (χ2v) is 9.61. The first-order chi connectivity index (χ1) is 13.0. The molecule has 0 saturated carbocycles. The fourth-order valence-corrected chi connectivity index (χ4v) is 5.43. The zero-order chi connectivity index (χ0) is 19.3. The molecule has 2 aromatic rings. The number of benzene rings is 1. The lowest BCUT2D eigenvalue weighted by atomic mass is 10.2. The average molecular weight is 534 g/mol. The van der Waals surface area contributed by atoms with Gasteiger partial charge in [0.05, 0.1) is 18.0 Å². The minimum absolute atomic E-state index is 0. The molecule has 0 atom stereocenters. The molecule has 1 aliphatic rings. The molecule has 0 bridgehead atoms. The zero-order valence-electron chi connectivity index (χ0n) is 16.1. The van der Waals surface area contributed by atoms with Crippen molar-refractivity contribution in [1.29, 1.82) is 0 Å². The Morgan fingerprint density at radius 1 is 1.18 bits per heavy atom. The number of aliphatic imine (C=N–C) groups is 1. The summed E-state index contributed by atoms with van der Waals surface area (Å²) in [6.45, 7) is 3.65. The molecular formula is C19H27IN4O2S2. The van der Waals surface area contributed by atoms with Crippen molar-refractivity contribution in [3.8, 4) is 0 Å². The number of nitrogens with zero attached hydrogens (tertiary/aromatic N) is 2. The first kappa shape index (κ1) is 23.0. The maximum atomic E-state index is 12.7. The van der Waals surface area contributed by atoms with Crippen LogP contribution in [0.15, 0.2) is 41.4 Å². The van der Waals surface area contributed by atoms with Gasteiger partial charge >= 0.3 is 0 Å². The summed E-state index contributed by atoms with van der Waals surface area (Å²) in [4.78, 5) is 6.76. The largest absolute Gasteiger partial charge is 0.355 e. The highest BCUT2D eigenvalue weighted by Gasteiger charge is 2.28. The number of sulfonamides is 1. The number of hydrogen-bond donors (Lipinski definition) is 2. The molecule has 1 aliphatic heterocycles. The van der Waals surface area contributed by atoms with E-state index in [0.717, 1.165) is 24.1 Å². The number of guanidine groups is 1. The second-order valence-electron chi connectivity index (χ2n) is 6.34. The van der Waals surface area contributed by atoms with Gasteiger partial charge in [-0.05, 0) is 36.6 Å². The van der Waals surface area contributed by atoms with Crippen LogP contribution < -0.4 is 14.9 Å². The number of rotatable bonds is 7. The molecule has 3 rings (SSSR count). The summed E-state index contributed by atoms with van der Waals surface area (Å²) in [6, 6.07) is 11.9. The Balaban J connectivity index is 0.00000280. The molecule has 6 nitrogen and oxygen atoms in total. The van der Waals surface area contributed by atoms with Crippen LogP contribution in [-0.2, 0) is 29.4 Å². The van der Waals surface area contributed by atoms with Gasteiger partial charge in [0.2, 0.25) is 10.0 Å². The van der Waals surface area contributed by atoms with Crippen molar-refractivity contribution in [3.63, 3.8) is 0 Å². The van der Waals surface area contributed by atoms with E-state index >= 15 is 0 Å². The van der Waals surface area contributed by atoms with Crippen LogP contribution in [0, 0.1) is 0 Å². The number of para-hydroxylation sites is 1. The normalized spacial score (nSPS) is 13.8. The van der Waals surface area contributed by atoms with Gasteiger partial charge in [-0.25, -0.2) is 8.42 Å². The lowest BCUT2D eigenvalue weighted by molar-refractivity contribution is 0.591. The molecule has 1 aromatic heterocycles. The molecule has 0 radical (unpaired) electrons. The third kappa shape index (κ3) is 5.60. The number of nitrogens with one attached hydrogen (secondary N) is 2. The highest BCUT2D eigenvalue weighted by molar-refractivity contribution is 14.0. The van der Waals surface area contributed by atoms with Crippen molar-refractivity contribution >= 4 is 57.0 Å². The highest BCUT2D eigenvalue weighted by atomic mass is 127. The molecular weight excluding hydrogens is 507 g/mol. The van der Waals surface area contributed by atoms with Crippen LogP contribution in [0.25, 0.3) is 0 Å². The van der Waals surface area contributed by atoms with Crippen LogP contribution in [-0.4, -0.2) is 40.3 Å². The molecule has 0 unspecified atom stereocenters. The second kappa shape index (κ2) is 10.4. The Kier molecular flexibility index (Phi) is 8.56. The van der Waals surface area contributed by atoms with E-state index in [1.54, 1.807) is 18.4 Å². The molecule has 28 heavy (non-hydrogen) atoms. The Bertz CT molecular complexity index is 912. The first-order valence-corrected chi connectivity index (χ1v) is 11.6. The average Bonchev–Trinajstić information content (AvgIpc) is 3.31. The highest BCUT2D eigenvalue weighted by Crippen LogP contribution is 2.29. The van der Waals surface area contributed by atoms with E-state index in [4.69, 9.17) is 0 Å². The smallest absolute Gasteiger partial charge is 0.236 e. The fraction of sp³-hybridized carbons (Fsp3) is 0.421. The van der Waals surface area contributed by atoms with Gasteiger partial charge in [-0.2, -0.15) is 0 Å². The van der Waals surface area contributed by atoms with Crippen LogP contribution >= 0.6 is 35.3 Å². The predicted octanol–water partition coefficient (Wildman–Crippen LogP) is 2.99. The molecule has 0 fully saturated rings. The van der Waals surface area contributed by atoms with Crippen molar-refractivity contribution in [2.24, 2.45) is 4.99 Å². The molecule has 2 heterocycles. The summed E-state index contributed by atoms with van der Waals surface area (Å²) in [7, 11) is -1.67. The molecule has 1 aromatic carbocycles. The maximum Gasteiger partial charge on any atom is 0.236 e. The molecule has 0 amide bonds. The fourth-order valence-electron chi connectivity index (χ4n) is 3.10. The lowest BCUT2D eigenvalue weighted by Gasteiger charge is -2.20. The number of thiophene rings is 1. The predicted molar refractivity (Wildman–Crippen MR) is 129 cm³/mol. The Labute approximate surface area is 188 Å². The Morgan fingerprint density at radius 3 is 2.64 bits per heavy atom. The molecule has 0 spiro atoms. The van der Waals surface area contributed by atoms with Gasteiger partial charge in [0.1, 0.15) is 0 Å². The van der Waals surface area contributed by atoms with E-state index in [9.17, 15) is 8.42 Å². The third-order valence-electron chi connectivity index (χ3n) is 4.55. The number of hydrogen-bond acceptors (Lipinski definition) is 4. The number of halogens is 1. The van der Waals surface area contributed by atoms with E-state index in [0.29, 0.717) is 25.6 Å². The van der Waals surface area contributed by atoms with Crippen LogP contribution in [0.4, 0.5) is 5.69 Å². The Morgan fingerprint density at radius 2 is 1.93 bits per heavy atom. The Hall–Kier alpha value is -1.33. The summed E-state index contributed by atoms with van der Waals surface area (Å²) in [5, 5.41) is 6.34. The number of anilines is 1. The number of fused-ring (bicyclic) bond motifs is 1. The minimum atomic E-state index is -3.35. The quantitative estimate of drug-likeness (QED) is 0.326. The molecule has 2 N–H and O–H groups in total. The molecule has 9 heteroatoms. The summed E-state index contributed by atoms with van der Waals surface area (Å²) in [5.41, 5.74) is 1.90. The van der Waals surface area contributed by atoms with Crippen molar-refractivity contribution in [2.45, 2.75) is 26.3 Å². The van der Waals surface area contributed by atoms with Crippen molar-refractivity contribution < 1.29 is 8.42 Å². The van der Waals surface area contributed by atoms with E-state index in [2.05, 4.69) is 34.7 Å². The topological polar surface area (TPSA) is 73.8 Å². The van der Waals surface area contributed by atoms with Crippen LogP contribution in [0.2, 0.25) is 0 Å².